The molecule has 1 N–H and O–H groups in total. The Morgan fingerprint density at radius 1 is 1.17 bits per heavy atom. The molecule has 5 heteroatoms. The summed E-state index contributed by atoms with van der Waals surface area (Å²) in [6.45, 7) is 2.46. The van der Waals surface area contributed by atoms with Crippen LogP contribution in [0.5, 0.6) is 0 Å². The number of carbonyl (C=O) groups is 2. The summed E-state index contributed by atoms with van der Waals surface area (Å²) in [6.07, 6.45) is 0.695. The molecule has 2 aromatic carbocycles. The smallest absolute Gasteiger partial charge is 0.331 e. The molecule has 1 atom stereocenters. The number of nitrogens with zero attached hydrogens (tertiary/aromatic N) is 1. The minimum Gasteiger partial charge on any atom is -0.479 e. The van der Waals surface area contributed by atoms with Gasteiger partial charge in [-0.05, 0) is 36.6 Å². The Balaban J connectivity index is 1.74. The average molecular weight is 341 g/mol. The fourth-order valence-electron chi connectivity index (χ4n) is 2.96. The van der Waals surface area contributed by atoms with Crippen LogP contribution >= 0.6 is 11.8 Å². The van der Waals surface area contributed by atoms with Gasteiger partial charge < -0.3 is 10.0 Å². The van der Waals surface area contributed by atoms with Crippen LogP contribution in [0.25, 0.3) is 0 Å². The normalized spacial score (nSPS) is 16.5. The molecule has 124 valence electrons. The lowest BCUT2D eigenvalue weighted by molar-refractivity contribution is -0.150. The number of hydrogen-bond donors (Lipinski definition) is 1. The standard InChI is InChI=1S/C19H19NO3S/c1-13-6-8-15(9-7-13)24-12-17(21)20-11-10-14-4-2-3-5-16(14)18(20)19(22)23/h2-9,18H,10-12H2,1H3,(H,22,23). The van der Waals surface area contributed by atoms with Crippen LogP contribution in [-0.2, 0) is 16.0 Å². The number of carboxylic acid groups (broad SMARTS) is 1. The van der Waals surface area contributed by atoms with Crippen LogP contribution in [-0.4, -0.2) is 34.2 Å². The van der Waals surface area contributed by atoms with Gasteiger partial charge in [-0.1, -0.05) is 42.0 Å². The highest BCUT2D eigenvalue weighted by Crippen LogP contribution is 2.31. The molecule has 1 aliphatic rings. The number of aliphatic carboxylic acids is 1. The molecule has 0 aliphatic carbocycles. The van der Waals surface area contributed by atoms with Crippen molar-refractivity contribution in [2.45, 2.75) is 24.3 Å². The predicted octanol–water partition coefficient (Wildman–Crippen LogP) is 3.30. The average Bonchev–Trinajstić information content (AvgIpc) is 2.59. The number of amides is 1. The van der Waals surface area contributed by atoms with Gasteiger partial charge in [0, 0.05) is 11.4 Å². The van der Waals surface area contributed by atoms with E-state index in [2.05, 4.69) is 0 Å². The largest absolute Gasteiger partial charge is 0.479 e. The zero-order valence-electron chi connectivity index (χ0n) is 13.4. The molecule has 0 radical (unpaired) electrons. The van der Waals surface area contributed by atoms with E-state index < -0.39 is 12.0 Å². The number of fused-ring (bicyclic) bond motifs is 1. The van der Waals surface area contributed by atoms with E-state index in [1.807, 2.05) is 49.4 Å². The molecule has 0 bridgehead atoms. The van der Waals surface area contributed by atoms with E-state index in [1.54, 1.807) is 6.07 Å². The summed E-state index contributed by atoms with van der Waals surface area (Å²) in [5.74, 6) is -0.868. The first-order valence-corrected chi connectivity index (χ1v) is 8.84. The van der Waals surface area contributed by atoms with Crippen LogP contribution in [0.1, 0.15) is 22.7 Å². The Morgan fingerprint density at radius 3 is 2.58 bits per heavy atom. The number of rotatable bonds is 4. The number of carboxylic acids is 1. The first kappa shape index (κ1) is 16.6. The van der Waals surface area contributed by atoms with Gasteiger partial charge >= 0.3 is 5.97 Å². The second kappa shape index (κ2) is 7.09. The second-order valence-corrected chi connectivity index (χ2v) is 6.93. The molecule has 0 fully saturated rings. The van der Waals surface area contributed by atoms with Crippen molar-refractivity contribution in [2.75, 3.05) is 12.3 Å². The van der Waals surface area contributed by atoms with Gasteiger partial charge in [0.1, 0.15) is 0 Å². The molecule has 1 aliphatic heterocycles. The molecular formula is C19H19NO3S. The van der Waals surface area contributed by atoms with Gasteiger partial charge in [0.15, 0.2) is 6.04 Å². The van der Waals surface area contributed by atoms with Gasteiger partial charge in [0.05, 0.1) is 5.75 Å². The highest BCUT2D eigenvalue weighted by molar-refractivity contribution is 8.00. The van der Waals surface area contributed by atoms with Crippen LogP contribution in [0.2, 0.25) is 0 Å². The van der Waals surface area contributed by atoms with E-state index in [0.29, 0.717) is 13.0 Å². The molecule has 0 aromatic heterocycles. The third-order valence-corrected chi connectivity index (χ3v) is 5.22. The number of hydrogen-bond acceptors (Lipinski definition) is 3. The van der Waals surface area contributed by atoms with Gasteiger partial charge in [-0.25, -0.2) is 4.79 Å². The summed E-state index contributed by atoms with van der Waals surface area (Å²) >= 11 is 1.44. The monoisotopic (exact) mass is 341 g/mol. The second-order valence-electron chi connectivity index (χ2n) is 5.88. The van der Waals surface area contributed by atoms with Crippen molar-refractivity contribution in [2.24, 2.45) is 0 Å². The molecule has 0 saturated carbocycles. The quantitative estimate of drug-likeness (QED) is 0.867. The first-order valence-electron chi connectivity index (χ1n) is 7.86. The summed E-state index contributed by atoms with van der Waals surface area (Å²) in [5, 5.41) is 9.62. The summed E-state index contributed by atoms with van der Waals surface area (Å²) in [7, 11) is 0. The fraction of sp³-hybridized carbons (Fsp3) is 0.263. The molecular weight excluding hydrogens is 322 g/mol. The highest BCUT2D eigenvalue weighted by atomic mass is 32.2. The number of benzene rings is 2. The zero-order valence-corrected chi connectivity index (χ0v) is 14.3. The van der Waals surface area contributed by atoms with Gasteiger partial charge in [-0.15, -0.1) is 11.8 Å². The van der Waals surface area contributed by atoms with E-state index in [0.717, 1.165) is 16.0 Å². The molecule has 4 nitrogen and oxygen atoms in total. The van der Waals surface area contributed by atoms with E-state index in [9.17, 15) is 14.7 Å². The Bertz CT molecular complexity index is 757. The van der Waals surface area contributed by atoms with Crippen molar-refractivity contribution >= 4 is 23.6 Å². The van der Waals surface area contributed by atoms with Crippen molar-refractivity contribution in [3.63, 3.8) is 0 Å². The Labute approximate surface area is 145 Å². The van der Waals surface area contributed by atoms with E-state index in [4.69, 9.17) is 0 Å². The van der Waals surface area contributed by atoms with Crippen LogP contribution in [0.4, 0.5) is 0 Å². The third-order valence-electron chi connectivity index (χ3n) is 4.22. The molecule has 3 rings (SSSR count). The first-order chi connectivity index (χ1) is 11.6. The van der Waals surface area contributed by atoms with Gasteiger partial charge in [0.25, 0.3) is 0 Å². The summed E-state index contributed by atoms with van der Waals surface area (Å²) in [6, 6.07) is 14.6. The zero-order chi connectivity index (χ0) is 17.1. The van der Waals surface area contributed by atoms with Gasteiger partial charge in [-0.2, -0.15) is 0 Å². The maximum Gasteiger partial charge on any atom is 0.331 e. The predicted molar refractivity (Wildman–Crippen MR) is 94.1 cm³/mol. The Morgan fingerprint density at radius 2 is 1.88 bits per heavy atom. The lowest BCUT2D eigenvalue weighted by atomic mass is 9.92. The van der Waals surface area contributed by atoms with Crippen LogP contribution < -0.4 is 0 Å². The fourth-order valence-corrected chi connectivity index (χ4v) is 3.75. The van der Waals surface area contributed by atoms with E-state index in [1.165, 1.54) is 22.2 Å². The lowest BCUT2D eigenvalue weighted by Crippen LogP contribution is -2.44. The molecule has 1 amide bonds. The summed E-state index contributed by atoms with van der Waals surface area (Å²) in [4.78, 5) is 26.9. The van der Waals surface area contributed by atoms with Crippen molar-refractivity contribution in [1.29, 1.82) is 0 Å². The van der Waals surface area contributed by atoms with Gasteiger partial charge in [0.2, 0.25) is 5.91 Å². The number of aryl methyl sites for hydroxylation is 1. The van der Waals surface area contributed by atoms with Crippen LogP contribution in [0.3, 0.4) is 0 Å². The minimum atomic E-state index is -0.976. The number of thioether (sulfide) groups is 1. The third kappa shape index (κ3) is 3.46. The van der Waals surface area contributed by atoms with Crippen LogP contribution in [0.15, 0.2) is 53.4 Å². The lowest BCUT2D eigenvalue weighted by Gasteiger charge is -2.34. The maximum absolute atomic E-state index is 12.6. The Hall–Kier alpha value is -2.27. The van der Waals surface area contributed by atoms with Crippen LogP contribution in [0, 0.1) is 6.92 Å². The van der Waals surface area contributed by atoms with Crippen molar-refractivity contribution in [3.05, 3.63) is 65.2 Å². The van der Waals surface area contributed by atoms with Gasteiger partial charge in [-0.3, -0.25) is 4.79 Å². The van der Waals surface area contributed by atoms with Crippen molar-refractivity contribution in [1.82, 2.24) is 4.90 Å². The Kier molecular flexibility index (Phi) is 4.90. The maximum atomic E-state index is 12.6. The number of carbonyl (C=O) groups excluding carboxylic acids is 1. The highest BCUT2D eigenvalue weighted by Gasteiger charge is 2.35. The topological polar surface area (TPSA) is 57.6 Å². The van der Waals surface area contributed by atoms with Crippen molar-refractivity contribution in [3.8, 4) is 0 Å². The minimum absolute atomic E-state index is 0.137. The summed E-state index contributed by atoms with van der Waals surface area (Å²) in [5.41, 5.74) is 2.91. The van der Waals surface area contributed by atoms with E-state index >= 15 is 0 Å². The van der Waals surface area contributed by atoms with Crippen molar-refractivity contribution < 1.29 is 14.7 Å². The van der Waals surface area contributed by atoms with E-state index in [-0.39, 0.29) is 11.7 Å². The molecule has 0 spiro atoms. The molecule has 2 aromatic rings. The molecule has 24 heavy (non-hydrogen) atoms. The molecule has 1 heterocycles. The summed E-state index contributed by atoms with van der Waals surface area (Å²) < 4.78 is 0. The molecule has 1 unspecified atom stereocenters. The molecule has 0 saturated heterocycles. The SMILES string of the molecule is Cc1ccc(SCC(=O)N2CCc3ccccc3C2C(=O)O)cc1.